The molecule has 0 unspecified atom stereocenters. The molecule has 0 spiro atoms. The number of aromatic hydroxyl groups is 1. The van der Waals surface area contributed by atoms with Gasteiger partial charge in [0.2, 0.25) is 0 Å². The summed E-state index contributed by atoms with van der Waals surface area (Å²) >= 11 is 0. The second-order valence-electron chi connectivity index (χ2n) is 4.37. The van der Waals surface area contributed by atoms with E-state index in [0.717, 1.165) is 11.6 Å². The van der Waals surface area contributed by atoms with Crippen molar-refractivity contribution in [2.45, 2.75) is 6.92 Å². The molecule has 0 aliphatic carbocycles. The van der Waals surface area contributed by atoms with Gasteiger partial charge in [-0.15, -0.1) is 0 Å². The van der Waals surface area contributed by atoms with Gasteiger partial charge in [-0.05, 0) is 36.8 Å². The normalized spacial score (nSPS) is 9.95. The predicted molar refractivity (Wildman–Crippen MR) is 75.9 cm³/mol. The Kier molecular flexibility index (Phi) is 4.08. The van der Waals surface area contributed by atoms with Gasteiger partial charge in [0.05, 0.1) is 0 Å². The fourth-order valence-electron chi connectivity index (χ4n) is 1.72. The highest BCUT2D eigenvalue weighted by atomic mass is 16.6. The molecule has 0 aromatic heterocycles. The lowest BCUT2D eigenvalue weighted by atomic mass is 10.2. The zero-order valence-corrected chi connectivity index (χ0v) is 11.2. The first-order valence-electron chi connectivity index (χ1n) is 6.07. The SMILES string of the molecule is Cc1cccc(OC(=O)Nc2ccc(C(=O)O)c(O)c2)c1. The van der Waals surface area contributed by atoms with Gasteiger partial charge < -0.3 is 14.9 Å². The summed E-state index contributed by atoms with van der Waals surface area (Å²) in [7, 11) is 0. The van der Waals surface area contributed by atoms with Crippen molar-refractivity contribution in [2.75, 3.05) is 5.32 Å². The first kappa shape index (κ1) is 14.4. The lowest BCUT2D eigenvalue weighted by Gasteiger charge is -2.08. The number of aryl methyl sites for hydroxylation is 1. The van der Waals surface area contributed by atoms with Crippen LogP contribution in [0, 0.1) is 6.92 Å². The van der Waals surface area contributed by atoms with Crippen molar-refractivity contribution in [3.8, 4) is 11.5 Å². The van der Waals surface area contributed by atoms with E-state index in [9.17, 15) is 14.7 Å². The summed E-state index contributed by atoms with van der Waals surface area (Å²) in [5.41, 5.74) is 0.937. The third-order valence-corrected chi connectivity index (χ3v) is 2.67. The van der Waals surface area contributed by atoms with E-state index in [2.05, 4.69) is 5.32 Å². The maximum atomic E-state index is 11.7. The molecular weight excluding hydrogens is 274 g/mol. The summed E-state index contributed by atoms with van der Waals surface area (Å²) in [4.78, 5) is 22.4. The van der Waals surface area contributed by atoms with Crippen molar-refractivity contribution < 1.29 is 24.5 Å². The van der Waals surface area contributed by atoms with E-state index >= 15 is 0 Å². The summed E-state index contributed by atoms with van der Waals surface area (Å²) < 4.78 is 5.07. The number of nitrogens with one attached hydrogen (secondary N) is 1. The summed E-state index contributed by atoms with van der Waals surface area (Å²) in [6.07, 6.45) is -0.733. The molecule has 2 aromatic rings. The number of carboxylic acid groups (broad SMARTS) is 1. The Morgan fingerprint density at radius 1 is 1.14 bits per heavy atom. The Balaban J connectivity index is 2.06. The molecule has 0 heterocycles. The van der Waals surface area contributed by atoms with Crippen LogP contribution in [0.15, 0.2) is 42.5 Å². The quantitative estimate of drug-likeness (QED) is 0.806. The van der Waals surface area contributed by atoms with E-state index in [-0.39, 0.29) is 11.3 Å². The molecule has 6 nitrogen and oxygen atoms in total. The lowest BCUT2D eigenvalue weighted by Crippen LogP contribution is -2.16. The average molecular weight is 287 g/mol. The van der Waals surface area contributed by atoms with Gasteiger partial charge in [-0.3, -0.25) is 5.32 Å². The molecule has 21 heavy (non-hydrogen) atoms. The molecule has 1 amide bonds. The third kappa shape index (κ3) is 3.73. The van der Waals surface area contributed by atoms with Crippen LogP contribution in [0.25, 0.3) is 0 Å². The number of carbonyl (C=O) groups is 2. The first-order valence-corrected chi connectivity index (χ1v) is 6.07. The van der Waals surface area contributed by atoms with E-state index in [0.29, 0.717) is 5.75 Å². The summed E-state index contributed by atoms with van der Waals surface area (Å²) in [5, 5.41) is 20.7. The van der Waals surface area contributed by atoms with Crippen LogP contribution in [0.3, 0.4) is 0 Å². The van der Waals surface area contributed by atoms with E-state index in [4.69, 9.17) is 9.84 Å². The number of phenols is 1. The van der Waals surface area contributed by atoms with Crippen molar-refractivity contribution >= 4 is 17.7 Å². The third-order valence-electron chi connectivity index (χ3n) is 2.67. The molecule has 0 aliphatic rings. The van der Waals surface area contributed by atoms with E-state index in [1.165, 1.54) is 12.1 Å². The average Bonchev–Trinajstić information content (AvgIpc) is 2.38. The Morgan fingerprint density at radius 2 is 1.90 bits per heavy atom. The zero-order chi connectivity index (χ0) is 15.4. The number of carbonyl (C=O) groups excluding carboxylic acids is 1. The molecule has 2 aromatic carbocycles. The van der Waals surface area contributed by atoms with Crippen LogP contribution in [0.4, 0.5) is 10.5 Å². The van der Waals surface area contributed by atoms with E-state index in [1.54, 1.807) is 18.2 Å². The number of ether oxygens (including phenoxy) is 1. The highest BCUT2D eigenvalue weighted by Crippen LogP contribution is 2.22. The number of hydrogen-bond acceptors (Lipinski definition) is 4. The number of hydrogen-bond donors (Lipinski definition) is 3. The first-order chi connectivity index (χ1) is 9.95. The van der Waals surface area contributed by atoms with Crippen LogP contribution in [-0.4, -0.2) is 22.3 Å². The van der Waals surface area contributed by atoms with Crippen LogP contribution in [0.2, 0.25) is 0 Å². The molecule has 0 saturated heterocycles. The summed E-state index contributed by atoms with van der Waals surface area (Å²) in [5.74, 6) is -1.30. The van der Waals surface area contributed by atoms with Crippen molar-refractivity contribution in [3.05, 3.63) is 53.6 Å². The molecule has 0 atom stereocenters. The van der Waals surface area contributed by atoms with Gasteiger partial charge in [-0.1, -0.05) is 12.1 Å². The Bertz CT molecular complexity index is 696. The second-order valence-corrected chi connectivity index (χ2v) is 4.37. The number of aromatic carboxylic acids is 1. The molecule has 6 heteroatoms. The summed E-state index contributed by atoms with van der Waals surface area (Å²) in [6.45, 7) is 1.87. The van der Waals surface area contributed by atoms with Crippen LogP contribution < -0.4 is 10.1 Å². The minimum Gasteiger partial charge on any atom is -0.507 e. The van der Waals surface area contributed by atoms with Gasteiger partial charge in [-0.2, -0.15) is 0 Å². The maximum Gasteiger partial charge on any atom is 0.417 e. The van der Waals surface area contributed by atoms with Crippen molar-refractivity contribution in [3.63, 3.8) is 0 Å². The molecule has 0 bridgehead atoms. The number of carboxylic acids is 1. The number of anilines is 1. The number of rotatable bonds is 3. The Morgan fingerprint density at radius 3 is 2.52 bits per heavy atom. The molecule has 0 fully saturated rings. The van der Waals surface area contributed by atoms with Crippen molar-refractivity contribution in [2.24, 2.45) is 0 Å². The minimum absolute atomic E-state index is 0.232. The van der Waals surface area contributed by atoms with E-state index < -0.39 is 17.8 Å². The molecule has 2 rings (SSSR count). The topological polar surface area (TPSA) is 95.9 Å². The monoisotopic (exact) mass is 287 g/mol. The highest BCUT2D eigenvalue weighted by Gasteiger charge is 2.11. The fraction of sp³-hybridized carbons (Fsp3) is 0.0667. The highest BCUT2D eigenvalue weighted by molar-refractivity contribution is 5.93. The molecular formula is C15H13NO5. The molecule has 0 aliphatic heterocycles. The molecule has 3 N–H and O–H groups in total. The molecule has 108 valence electrons. The van der Waals surface area contributed by atoms with Gasteiger partial charge in [0.1, 0.15) is 17.1 Å². The lowest BCUT2D eigenvalue weighted by molar-refractivity contribution is 0.0693. The van der Waals surface area contributed by atoms with Gasteiger partial charge >= 0.3 is 12.1 Å². The Hall–Kier alpha value is -3.02. The zero-order valence-electron chi connectivity index (χ0n) is 11.2. The number of amides is 1. The van der Waals surface area contributed by atoms with Gasteiger partial charge in [0.25, 0.3) is 0 Å². The largest absolute Gasteiger partial charge is 0.507 e. The van der Waals surface area contributed by atoms with Crippen LogP contribution >= 0.6 is 0 Å². The van der Waals surface area contributed by atoms with Gasteiger partial charge in [0, 0.05) is 11.8 Å². The minimum atomic E-state index is -1.25. The van der Waals surface area contributed by atoms with Crippen molar-refractivity contribution in [1.29, 1.82) is 0 Å². The summed E-state index contributed by atoms with van der Waals surface area (Å²) in [6, 6.07) is 10.7. The standard InChI is InChI=1S/C15H13NO5/c1-9-3-2-4-11(7-9)21-15(20)16-10-5-6-12(14(18)19)13(17)8-10/h2-8,17H,1H3,(H,16,20)(H,18,19). The maximum absolute atomic E-state index is 11.7. The van der Waals surface area contributed by atoms with Gasteiger partial charge in [-0.25, -0.2) is 9.59 Å². The van der Waals surface area contributed by atoms with Crippen LogP contribution in [0.5, 0.6) is 11.5 Å². The molecule has 0 radical (unpaired) electrons. The van der Waals surface area contributed by atoms with Crippen LogP contribution in [-0.2, 0) is 0 Å². The molecule has 0 saturated carbocycles. The number of benzene rings is 2. The predicted octanol–water partition coefficient (Wildman–Crippen LogP) is 3.01. The van der Waals surface area contributed by atoms with Crippen molar-refractivity contribution in [1.82, 2.24) is 0 Å². The van der Waals surface area contributed by atoms with E-state index in [1.807, 2.05) is 13.0 Å². The second kappa shape index (κ2) is 5.96. The fourth-order valence-corrected chi connectivity index (χ4v) is 1.72. The Labute approximate surface area is 120 Å². The van der Waals surface area contributed by atoms with Crippen LogP contribution in [0.1, 0.15) is 15.9 Å². The smallest absolute Gasteiger partial charge is 0.417 e. The van der Waals surface area contributed by atoms with Gasteiger partial charge in [0.15, 0.2) is 0 Å².